The minimum absolute atomic E-state index is 0.0543. The maximum Gasteiger partial charge on any atom is 0.224 e. The number of benzene rings is 1. The summed E-state index contributed by atoms with van der Waals surface area (Å²) in [5.41, 5.74) is 1.39. The van der Waals surface area contributed by atoms with E-state index >= 15 is 0 Å². The molecule has 0 saturated carbocycles. The molecule has 1 saturated heterocycles. The Morgan fingerprint density at radius 1 is 1.59 bits per heavy atom. The first-order valence-electron chi connectivity index (χ1n) is 5.52. The Bertz CT molecular complexity index is 446. The van der Waals surface area contributed by atoms with Gasteiger partial charge in [-0.25, -0.2) is 4.39 Å². The molecule has 92 valence electrons. The maximum absolute atomic E-state index is 13.3. The van der Waals surface area contributed by atoms with Gasteiger partial charge in [-0.3, -0.25) is 4.79 Å². The third kappa shape index (κ3) is 3.04. The molecule has 0 atom stereocenters. The topological polar surface area (TPSA) is 41.1 Å². The van der Waals surface area contributed by atoms with Crippen molar-refractivity contribution in [1.82, 2.24) is 5.32 Å². The highest BCUT2D eigenvalue weighted by Gasteiger charge is 2.20. The van der Waals surface area contributed by atoms with Crippen LogP contribution in [0, 0.1) is 18.7 Å². The van der Waals surface area contributed by atoms with Gasteiger partial charge in [-0.1, -0.05) is 0 Å². The van der Waals surface area contributed by atoms with Gasteiger partial charge >= 0.3 is 0 Å². The van der Waals surface area contributed by atoms with Crippen LogP contribution < -0.4 is 10.6 Å². The van der Waals surface area contributed by atoms with Crippen molar-refractivity contribution in [3.8, 4) is 0 Å². The lowest BCUT2D eigenvalue weighted by atomic mass is 9.99. The van der Waals surface area contributed by atoms with Crippen molar-refractivity contribution in [2.75, 3.05) is 18.4 Å². The van der Waals surface area contributed by atoms with E-state index in [-0.39, 0.29) is 11.7 Å². The smallest absolute Gasteiger partial charge is 0.224 e. The Labute approximate surface area is 108 Å². The SMILES string of the molecule is Cc1cc(Br)c(F)cc1NC(=O)CC1CNC1. The lowest BCUT2D eigenvalue weighted by Crippen LogP contribution is -2.43. The van der Waals surface area contributed by atoms with Crippen molar-refractivity contribution in [1.29, 1.82) is 0 Å². The third-order valence-corrected chi connectivity index (χ3v) is 3.49. The van der Waals surface area contributed by atoms with Crippen molar-refractivity contribution in [3.05, 3.63) is 28.0 Å². The first-order valence-corrected chi connectivity index (χ1v) is 6.32. The number of hydrogen-bond acceptors (Lipinski definition) is 2. The fraction of sp³-hybridized carbons (Fsp3) is 0.417. The summed E-state index contributed by atoms with van der Waals surface area (Å²) in [5, 5.41) is 5.86. The molecule has 1 fully saturated rings. The van der Waals surface area contributed by atoms with Crippen LogP contribution in [0.3, 0.4) is 0 Å². The lowest BCUT2D eigenvalue weighted by Gasteiger charge is -2.26. The van der Waals surface area contributed by atoms with Crippen molar-refractivity contribution in [3.63, 3.8) is 0 Å². The molecule has 0 unspecified atom stereocenters. The number of rotatable bonds is 3. The van der Waals surface area contributed by atoms with Gasteiger partial charge in [0.05, 0.1) is 4.47 Å². The molecule has 1 aromatic carbocycles. The molecule has 0 spiro atoms. The van der Waals surface area contributed by atoms with Gasteiger partial charge in [0.25, 0.3) is 0 Å². The first kappa shape index (κ1) is 12.5. The van der Waals surface area contributed by atoms with Gasteiger partial charge in [0.2, 0.25) is 5.91 Å². The monoisotopic (exact) mass is 300 g/mol. The van der Waals surface area contributed by atoms with Crippen LogP contribution in [-0.4, -0.2) is 19.0 Å². The Kier molecular flexibility index (Phi) is 3.79. The molecule has 0 aromatic heterocycles. The highest BCUT2D eigenvalue weighted by molar-refractivity contribution is 9.10. The van der Waals surface area contributed by atoms with E-state index in [1.54, 1.807) is 6.07 Å². The number of carbonyl (C=O) groups is 1. The van der Waals surface area contributed by atoms with Crippen LogP contribution in [-0.2, 0) is 4.79 Å². The number of carbonyl (C=O) groups excluding carboxylic acids is 1. The second-order valence-electron chi connectivity index (χ2n) is 4.36. The van der Waals surface area contributed by atoms with Gasteiger partial charge in [0.1, 0.15) is 5.82 Å². The Morgan fingerprint density at radius 2 is 2.29 bits per heavy atom. The van der Waals surface area contributed by atoms with Crippen molar-refractivity contribution in [2.45, 2.75) is 13.3 Å². The van der Waals surface area contributed by atoms with E-state index in [4.69, 9.17) is 0 Å². The van der Waals surface area contributed by atoms with Gasteiger partial charge < -0.3 is 10.6 Å². The standard InChI is InChI=1S/C12H14BrFN2O/c1-7-2-9(13)10(14)4-11(7)16-12(17)3-8-5-15-6-8/h2,4,8,15H,3,5-6H2,1H3,(H,16,17). The van der Waals surface area contributed by atoms with E-state index in [1.165, 1.54) is 6.07 Å². The summed E-state index contributed by atoms with van der Waals surface area (Å²) >= 11 is 3.11. The summed E-state index contributed by atoms with van der Waals surface area (Å²) < 4.78 is 13.8. The quantitative estimate of drug-likeness (QED) is 0.900. The van der Waals surface area contributed by atoms with Crippen LogP contribution >= 0.6 is 15.9 Å². The number of hydrogen-bond donors (Lipinski definition) is 2. The summed E-state index contributed by atoms with van der Waals surface area (Å²) in [7, 11) is 0. The van der Waals surface area contributed by atoms with E-state index < -0.39 is 0 Å². The Hall–Kier alpha value is -0.940. The van der Waals surface area contributed by atoms with E-state index in [0.717, 1.165) is 18.7 Å². The molecular weight excluding hydrogens is 287 g/mol. The van der Waals surface area contributed by atoms with Crippen LogP contribution in [0.15, 0.2) is 16.6 Å². The fourth-order valence-electron chi connectivity index (χ4n) is 1.74. The summed E-state index contributed by atoms with van der Waals surface area (Å²) in [6.07, 6.45) is 0.490. The zero-order valence-electron chi connectivity index (χ0n) is 9.52. The van der Waals surface area contributed by atoms with E-state index in [0.29, 0.717) is 22.5 Å². The molecule has 0 aliphatic carbocycles. The molecule has 1 heterocycles. The zero-order valence-corrected chi connectivity index (χ0v) is 11.1. The van der Waals surface area contributed by atoms with Crippen LogP contribution in [0.25, 0.3) is 0 Å². The second kappa shape index (κ2) is 5.14. The van der Waals surface area contributed by atoms with Gasteiger partial charge in [-0.2, -0.15) is 0 Å². The van der Waals surface area contributed by atoms with Crippen LogP contribution in [0.2, 0.25) is 0 Å². The number of nitrogens with one attached hydrogen (secondary N) is 2. The summed E-state index contributed by atoms with van der Waals surface area (Å²) in [6.45, 7) is 3.62. The van der Waals surface area contributed by atoms with Gasteiger partial charge in [-0.15, -0.1) is 0 Å². The molecule has 3 nitrogen and oxygen atoms in total. The van der Waals surface area contributed by atoms with E-state index in [2.05, 4.69) is 26.6 Å². The number of aryl methyl sites for hydroxylation is 1. The van der Waals surface area contributed by atoms with Crippen LogP contribution in [0.5, 0.6) is 0 Å². The average Bonchev–Trinajstić information content (AvgIpc) is 2.20. The molecular formula is C12H14BrFN2O. The predicted octanol–water partition coefficient (Wildman–Crippen LogP) is 2.44. The molecule has 0 radical (unpaired) electrons. The highest BCUT2D eigenvalue weighted by atomic mass is 79.9. The largest absolute Gasteiger partial charge is 0.326 e. The third-order valence-electron chi connectivity index (χ3n) is 2.88. The van der Waals surface area contributed by atoms with Crippen molar-refractivity contribution < 1.29 is 9.18 Å². The number of amides is 1. The zero-order chi connectivity index (χ0) is 12.4. The van der Waals surface area contributed by atoms with Gasteiger partial charge in [0, 0.05) is 12.1 Å². The molecule has 1 aliphatic heterocycles. The normalized spacial score (nSPS) is 15.5. The minimum Gasteiger partial charge on any atom is -0.326 e. The molecule has 2 rings (SSSR count). The first-order chi connectivity index (χ1) is 8.06. The number of anilines is 1. The number of halogens is 2. The molecule has 1 aliphatic rings. The van der Waals surface area contributed by atoms with E-state index in [9.17, 15) is 9.18 Å². The highest BCUT2D eigenvalue weighted by Crippen LogP contribution is 2.24. The molecule has 2 N–H and O–H groups in total. The van der Waals surface area contributed by atoms with Crippen molar-refractivity contribution in [2.24, 2.45) is 5.92 Å². The van der Waals surface area contributed by atoms with Crippen molar-refractivity contribution >= 4 is 27.5 Å². The van der Waals surface area contributed by atoms with Gasteiger partial charge in [-0.05, 0) is 59.6 Å². The summed E-state index contributed by atoms with van der Waals surface area (Å²) in [4.78, 5) is 11.7. The Morgan fingerprint density at radius 3 is 2.88 bits per heavy atom. The second-order valence-corrected chi connectivity index (χ2v) is 5.21. The fourth-order valence-corrected chi connectivity index (χ4v) is 2.20. The molecule has 0 bridgehead atoms. The van der Waals surface area contributed by atoms with Gasteiger partial charge in [0.15, 0.2) is 0 Å². The summed E-state index contributed by atoms with van der Waals surface area (Å²) in [6, 6.07) is 3.01. The molecule has 5 heteroatoms. The average molecular weight is 301 g/mol. The van der Waals surface area contributed by atoms with Crippen LogP contribution in [0.1, 0.15) is 12.0 Å². The molecule has 17 heavy (non-hydrogen) atoms. The van der Waals surface area contributed by atoms with Crippen LogP contribution in [0.4, 0.5) is 10.1 Å². The molecule has 1 amide bonds. The Balaban J connectivity index is 2.02. The predicted molar refractivity (Wildman–Crippen MR) is 68.4 cm³/mol. The summed E-state index contributed by atoms with van der Waals surface area (Å²) in [5.74, 6) is -0.00636. The minimum atomic E-state index is -0.365. The van der Waals surface area contributed by atoms with E-state index in [1.807, 2.05) is 6.92 Å². The molecule has 1 aromatic rings. The maximum atomic E-state index is 13.3. The lowest BCUT2D eigenvalue weighted by molar-refractivity contribution is -0.117.